The van der Waals surface area contributed by atoms with Gasteiger partial charge in [0, 0.05) is 5.41 Å². The zero-order valence-electron chi connectivity index (χ0n) is 18.6. The zero-order chi connectivity index (χ0) is 20.3. The molecule has 0 heterocycles. The standard InChI is InChI=1S/C28H38/c1-7-16-28(17-15-21(4)10-8-9-20(2)3)26-18-22(5)11-13-24(26)25-14-12-23(6)19-27(25)28/h7,11-14,18-21H,1,8-10,15-17H2,2-6H3. The molecule has 0 bridgehead atoms. The van der Waals surface area contributed by atoms with E-state index in [2.05, 4.69) is 83.7 Å². The Balaban J connectivity index is 1.93. The van der Waals surface area contributed by atoms with E-state index in [4.69, 9.17) is 0 Å². The Hall–Kier alpha value is -1.82. The molecule has 150 valence electrons. The summed E-state index contributed by atoms with van der Waals surface area (Å²) in [4.78, 5) is 0. The highest BCUT2D eigenvalue weighted by atomic mass is 14.4. The monoisotopic (exact) mass is 374 g/mol. The quantitative estimate of drug-likeness (QED) is 0.387. The SMILES string of the molecule is C=CCC1(CCC(C)CCCC(C)C)c2cc(C)ccc2-c2ccc(C)cc21. The molecule has 0 aliphatic heterocycles. The second kappa shape index (κ2) is 8.68. The molecule has 0 saturated heterocycles. The van der Waals surface area contributed by atoms with Crippen molar-refractivity contribution in [3.63, 3.8) is 0 Å². The first-order valence-electron chi connectivity index (χ1n) is 11.2. The van der Waals surface area contributed by atoms with Crippen LogP contribution in [0.15, 0.2) is 49.1 Å². The second-order valence-electron chi connectivity index (χ2n) is 9.64. The van der Waals surface area contributed by atoms with Crippen LogP contribution in [0.5, 0.6) is 0 Å². The topological polar surface area (TPSA) is 0 Å². The van der Waals surface area contributed by atoms with E-state index in [-0.39, 0.29) is 5.41 Å². The van der Waals surface area contributed by atoms with Gasteiger partial charge in [-0.15, -0.1) is 6.58 Å². The maximum Gasteiger partial charge on any atom is 0.0249 e. The maximum absolute atomic E-state index is 4.16. The summed E-state index contributed by atoms with van der Waals surface area (Å²) in [6.07, 6.45) is 9.74. The molecular weight excluding hydrogens is 336 g/mol. The summed E-state index contributed by atoms with van der Waals surface area (Å²) in [5.41, 5.74) is 8.76. The van der Waals surface area contributed by atoms with Gasteiger partial charge in [-0.1, -0.05) is 93.6 Å². The molecule has 0 fully saturated rings. The van der Waals surface area contributed by atoms with Crippen molar-refractivity contribution < 1.29 is 0 Å². The predicted octanol–water partition coefficient (Wildman–Crippen LogP) is 8.39. The molecule has 0 heteroatoms. The number of fused-ring (bicyclic) bond motifs is 3. The molecule has 0 amide bonds. The molecule has 1 aliphatic rings. The molecule has 1 aliphatic carbocycles. The average Bonchev–Trinajstić information content (AvgIpc) is 2.89. The lowest BCUT2D eigenvalue weighted by Gasteiger charge is -2.33. The predicted molar refractivity (Wildman–Crippen MR) is 124 cm³/mol. The lowest BCUT2D eigenvalue weighted by atomic mass is 9.70. The van der Waals surface area contributed by atoms with Gasteiger partial charge in [-0.2, -0.15) is 0 Å². The van der Waals surface area contributed by atoms with Gasteiger partial charge in [0.05, 0.1) is 0 Å². The van der Waals surface area contributed by atoms with Crippen molar-refractivity contribution in [1.29, 1.82) is 0 Å². The number of allylic oxidation sites excluding steroid dienone is 1. The van der Waals surface area contributed by atoms with Gasteiger partial charge in [-0.3, -0.25) is 0 Å². The van der Waals surface area contributed by atoms with E-state index in [9.17, 15) is 0 Å². The molecule has 0 saturated carbocycles. The summed E-state index contributed by atoms with van der Waals surface area (Å²) < 4.78 is 0. The highest BCUT2D eigenvalue weighted by Crippen LogP contribution is 2.54. The van der Waals surface area contributed by atoms with Gasteiger partial charge in [-0.05, 0) is 67.2 Å². The Labute approximate surface area is 173 Å². The molecule has 1 unspecified atom stereocenters. The number of hydrogen-bond acceptors (Lipinski definition) is 0. The minimum Gasteiger partial charge on any atom is -0.103 e. The Morgan fingerprint density at radius 3 is 1.93 bits per heavy atom. The normalized spacial score (nSPS) is 15.4. The van der Waals surface area contributed by atoms with E-state index >= 15 is 0 Å². The average molecular weight is 375 g/mol. The molecule has 0 N–H and O–H groups in total. The van der Waals surface area contributed by atoms with Crippen molar-refractivity contribution in [1.82, 2.24) is 0 Å². The van der Waals surface area contributed by atoms with Crippen molar-refractivity contribution >= 4 is 0 Å². The van der Waals surface area contributed by atoms with Crippen LogP contribution in [0.25, 0.3) is 11.1 Å². The lowest BCUT2D eigenvalue weighted by molar-refractivity contribution is 0.375. The molecule has 0 radical (unpaired) electrons. The molecule has 3 rings (SSSR count). The second-order valence-corrected chi connectivity index (χ2v) is 9.64. The van der Waals surface area contributed by atoms with Crippen molar-refractivity contribution in [2.45, 2.75) is 78.6 Å². The number of rotatable bonds is 9. The molecule has 0 aromatic heterocycles. The van der Waals surface area contributed by atoms with Crippen molar-refractivity contribution in [3.05, 3.63) is 71.3 Å². The summed E-state index contributed by atoms with van der Waals surface area (Å²) in [5.74, 6) is 1.60. The van der Waals surface area contributed by atoms with Gasteiger partial charge in [0.25, 0.3) is 0 Å². The first-order chi connectivity index (χ1) is 13.4. The fraction of sp³-hybridized carbons (Fsp3) is 0.500. The Bertz CT molecular complexity index is 772. The van der Waals surface area contributed by atoms with E-state index < -0.39 is 0 Å². The van der Waals surface area contributed by atoms with E-state index in [1.165, 1.54) is 65.5 Å². The van der Waals surface area contributed by atoms with Crippen LogP contribution in [0.3, 0.4) is 0 Å². The fourth-order valence-electron chi connectivity index (χ4n) is 5.07. The van der Waals surface area contributed by atoms with Gasteiger partial charge in [0.2, 0.25) is 0 Å². The Kier molecular flexibility index (Phi) is 6.48. The van der Waals surface area contributed by atoms with Crippen molar-refractivity contribution in [2.75, 3.05) is 0 Å². The highest BCUT2D eigenvalue weighted by molar-refractivity contribution is 5.81. The molecular formula is C28H38. The van der Waals surface area contributed by atoms with E-state index in [0.717, 1.165) is 18.3 Å². The van der Waals surface area contributed by atoms with Crippen molar-refractivity contribution in [2.24, 2.45) is 11.8 Å². The van der Waals surface area contributed by atoms with Gasteiger partial charge >= 0.3 is 0 Å². The Morgan fingerprint density at radius 2 is 1.43 bits per heavy atom. The van der Waals surface area contributed by atoms with Crippen molar-refractivity contribution in [3.8, 4) is 11.1 Å². The Morgan fingerprint density at radius 1 is 0.857 bits per heavy atom. The van der Waals surface area contributed by atoms with Crippen LogP contribution >= 0.6 is 0 Å². The summed E-state index contributed by atoms with van der Waals surface area (Å²) in [6, 6.07) is 14.1. The van der Waals surface area contributed by atoms with Crippen LogP contribution in [0.4, 0.5) is 0 Å². The number of aryl methyl sites for hydroxylation is 2. The highest BCUT2D eigenvalue weighted by Gasteiger charge is 2.42. The van der Waals surface area contributed by atoms with E-state index in [1.807, 2.05) is 0 Å². The first-order valence-corrected chi connectivity index (χ1v) is 11.2. The van der Waals surface area contributed by atoms with E-state index in [1.54, 1.807) is 0 Å². The van der Waals surface area contributed by atoms with Crippen LogP contribution in [0.1, 0.15) is 81.5 Å². The van der Waals surface area contributed by atoms with Gasteiger partial charge in [0.15, 0.2) is 0 Å². The molecule has 28 heavy (non-hydrogen) atoms. The van der Waals surface area contributed by atoms with Gasteiger partial charge in [0.1, 0.15) is 0 Å². The minimum absolute atomic E-state index is 0.0940. The minimum atomic E-state index is 0.0940. The molecule has 2 aromatic carbocycles. The molecule has 2 aromatic rings. The summed E-state index contributed by atoms with van der Waals surface area (Å²) in [6.45, 7) is 15.7. The summed E-state index contributed by atoms with van der Waals surface area (Å²) >= 11 is 0. The maximum atomic E-state index is 4.16. The third-order valence-corrected chi connectivity index (χ3v) is 6.71. The smallest absolute Gasteiger partial charge is 0.0249 e. The molecule has 0 nitrogen and oxygen atoms in total. The fourth-order valence-corrected chi connectivity index (χ4v) is 5.07. The summed E-state index contributed by atoms with van der Waals surface area (Å²) in [5, 5.41) is 0. The van der Waals surface area contributed by atoms with Crippen LogP contribution in [-0.4, -0.2) is 0 Å². The van der Waals surface area contributed by atoms with Crippen LogP contribution < -0.4 is 0 Å². The zero-order valence-corrected chi connectivity index (χ0v) is 18.6. The van der Waals surface area contributed by atoms with Crippen LogP contribution in [-0.2, 0) is 5.41 Å². The van der Waals surface area contributed by atoms with Crippen LogP contribution in [0.2, 0.25) is 0 Å². The number of benzene rings is 2. The summed E-state index contributed by atoms with van der Waals surface area (Å²) in [7, 11) is 0. The van der Waals surface area contributed by atoms with E-state index in [0.29, 0.717) is 0 Å². The third-order valence-electron chi connectivity index (χ3n) is 6.71. The first kappa shape index (κ1) is 20.9. The number of hydrogen-bond donors (Lipinski definition) is 0. The molecule has 0 spiro atoms. The third kappa shape index (κ3) is 4.12. The van der Waals surface area contributed by atoms with Gasteiger partial charge in [-0.25, -0.2) is 0 Å². The molecule has 1 atom stereocenters. The van der Waals surface area contributed by atoms with Crippen LogP contribution in [0, 0.1) is 25.7 Å². The largest absolute Gasteiger partial charge is 0.103 e. The van der Waals surface area contributed by atoms with Gasteiger partial charge < -0.3 is 0 Å². The lowest BCUT2D eigenvalue weighted by Crippen LogP contribution is -2.25.